The van der Waals surface area contributed by atoms with Crippen molar-refractivity contribution in [3.63, 3.8) is 0 Å². The zero-order chi connectivity index (χ0) is 17.8. The molecule has 0 saturated carbocycles. The first kappa shape index (κ1) is 17.3. The summed E-state index contributed by atoms with van der Waals surface area (Å²) in [5, 5.41) is 18.8. The highest BCUT2D eigenvalue weighted by atomic mass is 32.1. The van der Waals surface area contributed by atoms with Crippen molar-refractivity contribution in [2.24, 2.45) is 0 Å². The highest BCUT2D eigenvalue weighted by Gasteiger charge is 2.16. The fourth-order valence-electron chi connectivity index (χ4n) is 2.65. The van der Waals surface area contributed by atoms with Crippen molar-refractivity contribution in [2.75, 3.05) is 26.3 Å². The van der Waals surface area contributed by atoms with Crippen LogP contribution in [0.2, 0.25) is 0 Å². The minimum Gasteiger partial charge on any atom is -0.395 e. The zero-order valence-electron chi connectivity index (χ0n) is 13.5. The van der Waals surface area contributed by atoms with E-state index in [0.717, 1.165) is 4.70 Å². The van der Waals surface area contributed by atoms with Crippen LogP contribution >= 0.6 is 11.5 Å². The van der Waals surface area contributed by atoms with Gasteiger partial charge in [-0.05, 0) is 30.3 Å². The molecule has 2 aromatic carbocycles. The van der Waals surface area contributed by atoms with E-state index in [0.29, 0.717) is 16.6 Å². The van der Waals surface area contributed by atoms with Gasteiger partial charge in [-0.3, -0.25) is 9.59 Å². The predicted octanol–water partition coefficient (Wildman–Crippen LogP) is 1.48. The second kappa shape index (κ2) is 7.60. The van der Waals surface area contributed by atoms with Crippen LogP contribution in [0.1, 0.15) is 10.4 Å². The molecular weight excluding hydrogens is 340 g/mol. The van der Waals surface area contributed by atoms with E-state index in [1.54, 1.807) is 34.3 Å². The molecule has 0 spiro atoms. The lowest BCUT2D eigenvalue weighted by Crippen LogP contribution is -2.35. The van der Waals surface area contributed by atoms with E-state index in [-0.39, 0.29) is 37.8 Å². The molecule has 1 amide bonds. The standard InChI is InChI=1S/C18H18N2O4S/c21-10-8-19(9-11-22)17(23)13-4-3-5-14(12-13)20-18(24)15-6-1-2-7-16(15)25-20/h1-7,12,21-22H,8-11H2. The third-order valence-corrected chi connectivity index (χ3v) is 4.96. The summed E-state index contributed by atoms with van der Waals surface area (Å²) in [6.07, 6.45) is 0. The van der Waals surface area contributed by atoms with Crippen LogP contribution in [0.3, 0.4) is 0 Å². The third-order valence-electron chi connectivity index (χ3n) is 3.85. The van der Waals surface area contributed by atoms with E-state index in [2.05, 4.69) is 0 Å². The number of nitrogens with zero attached hydrogens (tertiary/aromatic N) is 2. The molecule has 130 valence electrons. The number of carbonyl (C=O) groups excluding carboxylic acids is 1. The van der Waals surface area contributed by atoms with Gasteiger partial charge in [0.05, 0.1) is 29.0 Å². The number of aromatic nitrogens is 1. The Morgan fingerprint density at radius 3 is 2.44 bits per heavy atom. The molecule has 0 radical (unpaired) electrons. The van der Waals surface area contributed by atoms with E-state index in [9.17, 15) is 9.59 Å². The van der Waals surface area contributed by atoms with E-state index >= 15 is 0 Å². The molecule has 0 bridgehead atoms. The summed E-state index contributed by atoms with van der Waals surface area (Å²) in [5.74, 6) is -0.292. The van der Waals surface area contributed by atoms with Crippen molar-refractivity contribution in [3.8, 4) is 5.69 Å². The molecule has 1 aromatic heterocycles. The molecule has 0 unspecified atom stereocenters. The van der Waals surface area contributed by atoms with Crippen LogP contribution in [0.5, 0.6) is 0 Å². The van der Waals surface area contributed by atoms with Crippen molar-refractivity contribution in [2.45, 2.75) is 0 Å². The quantitative estimate of drug-likeness (QED) is 0.699. The van der Waals surface area contributed by atoms with Gasteiger partial charge in [-0.1, -0.05) is 29.7 Å². The summed E-state index contributed by atoms with van der Waals surface area (Å²) in [7, 11) is 0. The van der Waals surface area contributed by atoms with E-state index in [4.69, 9.17) is 10.2 Å². The Morgan fingerprint density at radius 1 is 1.04 bits per heavy atom. The largest absolute Gasteiger partial charge is 0.395 e. The lowest BCUT2D eigenvalue weighted by Gasteiger charge is -2.20. The molecule has 3 aromatic rings. The number of benzene rings is 2. The van der Waals surface area contributed by atoms with E-state index < -0.39 is 0 Å². The van der Waals surface area contributed by atoms with Crippen molar-refractivity contribution in [3.05, 3.63) is 64.4 Å². The maximum absolute atomic E-state index is 12.6. The molecule has 0 aliphatic carbocycles. The number of aliphatic hydroxyl groups is 2. The van der Waals surface area contributed by atoms with Gasteiger partial charge < -0.3 is 15.1 Å². The SMILES string of the molecule is O=C(c1cccc(-n2sc3ccccc3c2=O)c1)N(CCO)CCO. The number of carbonyl (C=O) groups is 1. The molecule has 0 fully saturated rings. The predicted molar refractivity (Wildman–Crippen MR) is 97.5 cm³/mol. The van der Waals surface area contributed by atoms with Gasteiger partial charge in [-0.2, -0.15) is 0 Å². The summed E-state index contributed by atoms with van der Waals surface area (Å²) >= 11 is 1.33. The summed E-state index contributed by atoms with van der Waals surface area (Å²) < 4.78 is 2.44. The average Bonchev–Trinajstić information content (AvgIpc) is 2.98. The number of hydrogen-bond donors (Lipinski definition) is 2. The van der Waals surface area contributed by atoms with Gasteiger partial charge in [0.25, 0.3) is 11.5 Å². The van der Waals surface area contributed by atoms with Crippen LogP contribution in [-0.4, -0.2) is 51.3 Å². The normalized spacial score (nSPS) is 11.0. The van der Waals surface area contributed by atoms with E-state index in [1.165, 1.54) is 16.4 Å². The Kier molecular flexibility index (Phi) is 5.28. The number of aliphatic hydroxyl groups excluding tert-OH is 2. The zero-order valence-corrected chi connectivity index (χ0v) is 14.3. The Bertz CT molecular complexity index is 941. The van der Waals surface area contributed by atoms with Gasteiger partial charge >= 0.3 is 0 Å². The van der Waals surface area contributed by atoms with Gasteiger partial charge in [-0.15, -0.1) is 0 Å². The molecule has 1 heterocycles. The molecule has 6 nitrogen and oxygen atoms in total. The minimum atomic E-state index is -0.292. The van der Waals surface area contributed by atoms with Gasteiger partial charge in [-0.25, -0.2) is 3.96 Å². The maximum Gasteiger partial charge on any atom is 0.273 e. The van der Waals surface area contributed by atoms with Gasteiger partial charge in [0.2, 0.25) is 0 Å². The third kappa shape index (κ3) is 3.48. The number of amides is 1. The Hall–Kier alpha value is -2.48. The number of hydrogen-bond acceptors (Lipinski definition) is 5. The minimum absolute atomic E-state index is 0.118. The van der Waals surface area contributed by atoms with Gasteiger partial charge in [0, 0.05) is 18.7 Å². The second-order valence-corrected chi connectivity index (χ2v) is 6.46. The smallest absolute Gasteiger partial charge is 0.273 e. The van der Waals surface area contributed by atoms with Crippen molar-refractivity contribution in [1.29, 1.82) is 0 Å². The topological polar surface area (TPSA) is 82.8 Å². The second-order valence-electron chi connectivity index (χ2n) is 5.48. The number of fused-ring (bicyclic) bond motifs is 1. The first-order valence-corrected chi connectivity index (χ1v) is 8.65. The summed E-state index contributed by atoms with van der Waals surface area (Å²) in [5.41, 5.74) is 0.904. The first-order chi connectivity index (χ1) is 12.2. The number of rotatable bonds is 6. The molecule has 3 rings (SSSR count). The fourth-order valence-corrected chi connectivity index (χ4v) is 3.64. The molecule has 0 saturated heterocycles. The van der Waals surface area contributed by atoms with Crippen LogP contribution in [0.25, 0.3) is 15.8 Å². The Labute approximate surface area is 148 Å². The van der Waals surface area contributed by atoms with Crippen molar-refractivity contribution >= 4 is 27.5 Å². The Balaban J connectivity index is 1.99. The van der Waals surface area contributed by atoms with Gasteiger partial charge in [0.15, 0.2) is 0 Å². The van der Waals surface area contributed by atoms with Crippen LogP contribution in [0.15, 0.2) is 53.3 Å². The highest BCUT2D eigenvalue weighted by Crippen LogP contribution is 2.20. The summed E-state index contributed by atoms with van der Waals surface area (Å²) in [6.45, 7) is -0.0681. The van der Waals surface area contributed by atoms with Gasteiger partial charge in [0.1, 0.15) is 0 Å². The molecule has 2 N–H and O–H groups in total. The van der Waals surface area contributed by atoms with Crippen LogP contribution < -0.4 is 5.56 Å². The fraction of sp³-hybridized carbons (Fsp3) is 0.222. The molecule has 7 heteroatoms. The average molecular weight is 358 g/mol. The van der Waals surface area contributed by atoms with Crippen molar-refractivity contribution in [1.82, 2.24) is 8.86 Å². The molecule has 0 aliphatic heterocycles. The molecule has 0 aliphatic rings. The lowest BCUT2D eigenvalue weighted by molar-refractivity contribution is 0.0685. The van der Waals surface area contributed by atoms with Crippen molar-refractivity contribution < 1.29 is 15.0 Å². The maximum atomic E-state index is 12.6. The summed E-state index contributed by atoms with van der Waals surface area (Å²) in [4.78, 5) is 26.5. The Morgan fingerprint density at radius 2 is 1.76 bits per heavy atom. The van der Waals surface area contributed by atoms with E-state index in [1.807, 2.05) is 18.2 Å². The molecular formula is C18H18N2O4S. The van der Waals surface area contributed by atoms with Crippen LogP contribution in [0, 0.1) is 0 Å². The lowest BCUT2D eigenvalue weighted by atomic mass is 10.1. The summed E-state index contributed by atoms with van der Waals surface area (Å²) in [6, 6.07) is 14.2. The molecule has 0 atom stereocenters. The monoisotopic (exact) mass is 358 g/mol. The molecule has 25 heavy (non-hydrogen) atoms. The van der Waals surface area contributed by atoms with Crippen LogP contribution in [0.4, 0.5) is 0 Å². The first-order valence-electron chi connectivity index (χ1n) is 7.88. The highest BCUT2D eigenvalue weighted by molar-refractivity contribution is 7.14. The van der Waals surface area contributed by atoms with Crippen LogP contribution in [-0.2, 0) is 0 Å².